The van der Waals surface area contributed by atoms with Crippen molar-refractivity contribution in [2.75, 3.05) is 0 Å². The van der Waals surface area contributed by atoms with E-state index in [9.17, 15) is 0 Å². The van der Waals surface area contributed by atoms with E-state index in [-0.39, 0.29) is 0 Å². The summed E-state index contributed by atoms with van der Waals surface area (Å²) in [5, 5.41) is 4.20. The maximum atomic E-state index is 4.34. The van der Waals surface area contributed by atoms with Crippen LogP contribution < -0.4 is 0 Å². The minimum absolute atomic E-state index is 0.946. The summed E-state index contributed by atoms with van der Waals surface area (Å²) < 4.78 is 0.946. The van der Waals surface area contributed by atoms with Gasteiger partial charge < -0.3 is 0 Å². The number of aromatic nitrogens is 1. The Morgan fingerprint density at radius 1 is 1.33 bits per heavy atom. The molecule has 62 valence electrons. The van der Waals surface area contributed by atoms with E-state index >= 15 is 0 Å². The van der Waals surface area contributed by atoms with E-state index in [2.05, 4.69) is 44.7 Å². The van der Waals surface area contributed by atoms with Crippen molar-refractivity contribution >= 4 is 38.6 Å². The van der Waals surface area contributed by atoms with Crippen molar-refractivity contribution in [2.24, 2.45) is 0 Å². The van der Waals surface area contributed by atoms with Crippen molar-refractivity contribution < 1.29 is 0 Å². The van der Waals surface area contributed by atoms with Crippen LogP contribution in [0.5, 0.6) is 0 Å². The van der Waals surface area contributed by atoms with Gasteiger partial charge in [0.15, 0.2) is 3.92 Å². The third-order valence-electron chi connectivity index (χ3n) is 1.50. The average Bonchev–Trinajstić information content (AvgIpc) is 2.58. The Bertz CT molecular complexity index is 353. The molecular formula is C8H6BrNS2. The van der Waals surface area contributed by atoms with E-state index in [1.165, 1.54) is 10.4 Å². The molecule has 0 unspecified atom stereocenters. The Hall–Kier alpha value is -0.190. The molecule has 0 aliphatic carbocycles. The summed E-state index contributed by atoms with van der Waals surface area (Å²) in [6.45, 7) is 2.11. The van der Waals surface area contributed by atoms with Crippen LogP contribution in [-0.4, -0.2) is 4.98 Å². The lowest BCUT2D eigenvalue weighted by molar-refractivity contribution is 1.38. The van der Waals surface area contributed by atoms with Crippen LogP contribution in [0.25, 0.3) is 11.3 Å². The van der Waals surface area contributed by atoms with Crippen molar-refractivity contribution in [3.8, 4) is 11.3 Å². The summed E-state index contributed by atoms with van der Waals surface area (Å²) in [6, 6.07) is 2.16. The lowest BCUT2D eigenvalue weighted by atomic mass is 10.2. The highest BCUT2D eigenvalue weighted by Gasteiger charge is 2.03. The molecule has 0 aliphatic rings. The maximum absolute atomic E-state index is 4.34. The van der Waals surface area contributed by atoms with Crippen molar-refractivity contribution in [1.29, 1.82) is 0 Å². The van der Waals surface area contributed by atoms with Gasteiger partial charge in [0.2, 0.25) is 0 Å². The van der Waals surface area contributed by atoms with Crippen LogP contribution in [-0.2, 0) is 0 Å². The van der Waals surface area contributed by atoms with Crippen molar-refractivity contribution in [3.63, 3.8) is 0 Å². The van der Waals surface area contributed by atoms with E-state index in [1.807, 2.05) is 0 Å². The molecule has 2 rings (SSSR count). The van der Waals surface area contributed by atoms with Gasteiger partial charge in [0.05, 0.1) is 5.69 Å². The summed E-state index contributed by atoms with van der Waals surface area (Å²) in [5.41, 5.74) is 2.29. The van der Waals surface area contributed by atoms with E-state index in [4.69, 9.17) is 0 Å². The van der Waals surface area contributed by atoms with Gasteiger partial charge in [0.1, 0.15) is 0 Å². The first-order valence-corrected chi connectivity index (χ1v) is 5.97. The molecule has 12 heavy (non-hydrogen) atoms. The summed E-state index contributed by atoms with van der Waals surface area (Å²) in [5.74, 6) is 0. The Balaban J connectivity index is 2.43. The zero-order valence-electron chi connectivity index (χ0n) is 6.37. The molecule has 0 bridgehead atoms. The fourth-order valence-corrected chi connectivity index (χ4v) is 2.68. The third-order valence-corrected chi connectivity index (χ3v) is 3.73. The van der Waals surface area contributed by atoms with Gasteiger partial charge in [-0.3, -0.25) is 0 Å². The van der Waals surface area contributed by atoms with Gasteiger partial charge in [0, 0.05) is 21.2 Å². The number of nitrogens with zero attached hydrogens (tertiary/aromatic N) is 1. The Labute approximate surface area is 87.2 Å². The zero-order valence-corrected chi connectivity index (χ0v) is 9.59. The number of thiophene rings is 1. The minimum atomic E-state index is 0.946. The number of halogens is 1. The van der Waals surface area contributed by atoms with Crippen molar-refractivity contribution in [1.82, 2.24) is 4.98 Å². The predicted octanol–water partition coefficient (Wildman–Crippen LogP) is 3.94. The molecule has 2 heterocycles. The standard InChI is InChI=1S/C8H6BrNS2/c1-5-2-6(3-11-5)7-4-12-8(9)10-7/h2-4H,1H3. The molecule has 0 saturated heterocycles. The smallest absolute Gasteiger partial charge is 0.159 e. The molecule has 2 aromatic heterocycles. The van der Waals surface area contributed by atoms with E-state index < -0.39 is 0 Å². The molecule has 0 aromatic carbocycles. The highest BCUT2D eigenvalue weighted by molar-refractivity contribution is 9.11. The van der Waals surface area contributed by atoms with E-state index in [0.717, 1.165) is 9.61 Å². The second-order valence-corrected chi connectivity index (χ2v) is 5.68. The van der Waals surface area contributed by atoms with Crippen LogP contribution in [0.2, 0.25) is 0 Å². The average molecular weight is 260 g/mol. The van der Waals surface area contributed by atoms with Gasteiger partial charge in [-0.05, 0) is 28.9 Å². The zero-order chi connectivity index (χ0) is 8.55. The first kappa shape index (κ1) is 8.41. The van der Waals surface area contributed by atoms with Crippen molar-refractivity contribution in [3.05, 3.63) is 25.6 Å². The molecule has 0 atom stereocenters. The Morgan fingerprint density at radius 2 is 2.17 bits per heavy atom. The van der Waals surface area contributed by atoms with Crippen LogP contribution in [0.15, 0.2) is 20.7 Å². The lowest BCUT2D eigenvalue weighted by Gasteiger charge is -1.85. The normalized spacial score (nSPS) is 10.5. The monoisotopic (exact) mass is 259 g/mol. The topological polar surface area (TPSA) is 12.9 Å². The number of thiazole rings is 1. The molecule has 0 fully saturated rings. The first-order valence-electron chi connectivity index (χ1n) is 3.42. The number of aryl methyl sites for hydroxylation is 1. The largest absolute Gasteiger partial charge is 0.229 e. The highest BCUT2D eigenvalue weighted by Crippen LogP contribution is 2.28. The molecule has 0 aliphatic heterocycles. The van der Waals surface area contributed by atoms with Gasteiger partial charge in [-0.25, -0.2) is 4.98 Å². The lowest BCUT2D eigenvalue weighted by Crippen LogP contribution is -1.70. The molecule has 0 radical (unpaired) electrons. The van der Waals surface area contributed by atoms with Gasteiger partial charge in [-0.1, -0.05) is 0 Å². The van der Waals surface area contributed by atoms with Gasteiger partial charge in [-0.2, -0.15) is 0 Å². The summed E-state index contributed by atoms with van der Waals surface area (Å²) in [7, 11) is 0. The minimum Gasteiger partial charge on any atom is -0.229 e. The van der Waals surface area contributed by atoms with Gasteiger partial charge in [0.25, 0.3) is 0 Å². The van der Waals surface area contributed by atoms with Crippen LogP contribution in [0.4, 0.5) is 0 Å². The Morgan fingerprint density at radius 3 is 2.67 bits per heavy atom. The number of hydrogen-bond acceptors (Lipinski definition) is 3. The summed E-state index contributed by atoms with van der Waals surface area (Å²) >= 11 is 6.72. The molecule has 0 N–H and O–H groups in total. The van der Waals surface area contributed by atoms with Gasteiger partial charge >= 0.3 is 0 Å². The van der Waals surface area contributed by atoms with Gasteiger partial charge in [-0.15, -0.1) is 22.7 Å². The molecule has 2 aromatic rings. The fraction of sp³-hybridized carbons (Fsp3) is 0.125. The summed E-state index contributed by atoms with van der Waals surface area (Å²) in [4.78, 5) is 5.66. The van der Waals surface area contributed by atoms with Crippen LogP contribution >= 0.6 is 38.6 Å². The van der Waals surface area contributed by atoms with Crippen LogP contribution in [0.1, 0.15) is 4.88 Å². The molecule has 4 heteroatoms. The van der Waals surface area contributed by atoms with E-state index in [1.54, 1.807) is 22.7 Å². The predicted molar refractivity (Wildman–Crippen MR) is 57.9 cm³/mol. The highest BCUT2D eigenvalue weighted by atomic mass is 79.9. The molecule has 1 nitrogen and oxygen atoms in total. The molecule has 0 amide bonds. The maximum Gasteiger partial charge on any atom is 0.159 e. The second-order valence-electron chi connectivity index (χ2n) is 2.43. The first-order chi connectivity index (χ1) is 5.75. The SMILES string of the molecule is Cc1cc(-c2csc(Br)n2)cs1. The van der Waals surface area contributed by atoms with Crippen molar-refractivity contribution in [2.45, 2.75) is 6.92 Å². The number of rotatable bonds is 1. The molecule has 0 spiro atoms. The van der Waals surface area contributed by atoms with E-state index in [0.29, 0.717) is 0 Å². The molecular weight excluding hydrogens is 254 g/mol. The second kappa shape index (κ2) is 3.28. The Kier molecular flexibility index (Phi) is 2.30. The van der Waals surface area contributed by atoms with Crippen LogP contribution in [0, 0.1) is 6.92 Å². The summed E-state index contributed by atoms with van der Waals surface area (Å²) in [6.07, 6.45) is 0. The molecule has 0 saturated carbocycles. The number of hydrogen-bond donors (Lipinski definition) is 0. The van der Waals surface area contributed by atoms with Crippen LogP contribution in [0.3, 0.4) is 0 Å². The fourth-order valence-electron chi connectivity index (χ4n) is 0.962. The quantitative estimate of drug-likeness (QED) is 0.756. The third kappa shape index (κ3) is 1.60.